The van der Waals surface area contributed by atoms with Gasteiger partial charge in [0.1, 0.15) is 18.3 Å². The van der Waals surface area contributed by atoms with Crippen molar-refractivity contribution in [1.29, 1.82) is 0 Å². The van der Waals surface area contributed by atoms with Crippen LogP contribution in [0.25, 0.3) is 0 Å². The molecule has 89 heavy (non-hydrogen) atoms. The minimum Gasteiger partial charge on any atom is -0.493 e. The van der Waals surface area contributed by atoms with Crippen molar-refractivity contribution in [2.45, 2.75) is 175 Å². The zero-order valence-electron chi connectivity index (χ0n) is 51.4. The van der Waals surface area contributed by atoms with Crippen LogP contribution >= 0.6 is 43.2 Å². The van der Waals surface area contributed by atoms with Gasteiger partial charge in [0.15, 0.2) is 60.2 Å². The van der Waals surface area contributed by atoms with Crippen molar-refractivity contribution < 1.29 is 106 Å². The summed E-state index contributed by atoms with van der Waals surface area (Å²) in [5, 5.41) is 57.0. The molecule has 0 spiro atoms. The van der Waals surface area contributed by atoms with Crippen molar-refractivity contribution >= 4 is 72.6 Å². The van der Waals surface area contributed by atoms with Crippen LogP contribution in [0, 0.1) is 23.7 Å². The lowest BCUT2D eigenvalue weighted by molar-refractivity contribution is -0.336. The van der Waals surface area contributed by atoms with E-state index in [1.54, 1.807) is 20.1 Å². The fourth-order valence-corrected chi connectivity index (χ4v) is 14.1. The molecule has 2 bridgehead atoms. The lowest BCUT2D eigenvalue weighted by Crippen LogP contribution is -2.65. The van der Waals surface area contributed by atoms with Gasteiger partial charge in [0, 0.05) is 61.4 Å². The third-order valence-electron chi connectivity index (χ3n) is 15.2. The summed E-state index contributed by atoms with van der Waals surface area (Å²) in [5.41, 5.74) is -0.847. The Balaban J connectivity index is 1.24. The van der Waals surface area contributed by atoms with Crippen LogP contribution in [0.3, 0.4) is 0 Å². The number of carbonyl (C=O) groups is 4. The first-order valence-corrected chi connectivity index (χ1v) is 33.8. The normalized spacial score (nSPS) is 34.4. The van der Waals surface area contributed by atoms with Gasteiger partial charge in [-0.15, -0.1) is 0 Å². The zero-order chi connectivity index (χ0) is 64.9. The number of hydroxylamine groups is 1. The van der Waals surface area contributed by atoms with E-state index in [0.29, 0.717) is 0 Å². The van der Waals surface area contributed by atoms with Gasteiger partial charge < -0.3 is 92.6 Å². The minimum absolute atomic E-state index is 0.0770. The number of Topliss-reactive ketones (excluding diaryl/α,β-unsaturated/α-hetero) is 1. The molecule has 4 aliphatic heterocycles. The van der Waals surface area contributed by atoms with E-state index >= 15 is 4.79 Å². The number of allylic oxidation sites excluding steroid dienone is 2. The summed E-state index contributed by atoms with van der Waals surface area (Å²) >= 11 is 1.47. The molecule has 26 nitrogen and oxygen atoms in total. The van der Waals surface area contributed by atoms with Gasteiger partial charge in [-0.05, 0) is 55.3 Å². The molecule has 6 aliphatic rings. The largest absolute Gasteiger partial charge is 0.493 e. The van der Waals surface area contributed by atoms with Crippen LogP contribution in [0.15, 0.2) is 59.5 Å². The Hall–Kier alpha value is -4.62. The number of ketones is 1. The van der Waals surface area contributed by atoms with Gasteiger partial charge in [-0.3, -0.25) is 19.7 Å². The van der Waals surface area contributed by atoms with E-state index in [4.69, 9.17) is 66.4 Å². The van der Waals surface area contributed by atoms with E-state index < -0.39 is 134 Å². The van der Waals surface area contributed by atoms with Crippen LogP contribution < -0.4 is 30.9 Å². The summed E-state index contributed by atoms with van der Waals surface area (Å²) in [6.45, 7) is 12.7. The van der Waals surface area contributed by atoms with Gasteiger partial charge in [-0.2, -0.15) is 17.2 Å². The fraction of sp³-hybridized carbons (Fsp3) is 0.627. The number of hydrogen-bond acceptors (Lipinski definition) is 28. The summed E-state index contributed by atoms with van der Waals surface area (Å²) in [6, 6.07) is 1.42. The Morgan fingerprint density at radius 2 is 1.56 bits per heavy atom. The Labute approximate surface area is 533 Å². The first-order valence-electron chi connectivity index (χ1n) is 28.4. The van der Waals surface area contributed by atoms with E-state index in [0.717, 1.165) is 7.11 Å². The van der Waals surface area contributed by atoms with Gasteiger partial charge in [-0.25, -0.2) is 9.59 Å². The molecule has 19 atom stereocenters. The number of nitrogens with one attached hydrogen (secondary N) is 4. The lowest BCUT2D eigenvalue weighted by atomic mass is 9.73. The van der Waals surface area contributed by atoms with Crippen molar-refractivity contribution in [1.82, 2.24) is 16.1 Å². The summed E-state index contributed by atoms with van der Waals surface area (Å²) in [6.07, 6.45) is -11.6. The molecule has 7 rings (SSSR count). The number of aliphatic hydroxyl groups excluding tert-OH is 3. The molecule has 30 heteroatoms. The SMILES string of the molecule is C=C(OC)C(=O)Nc1cc(OC)c(OC)cc1C(=O)OC1C(O)CC(OC2C(=O)C(NC(=O)OC)=C3C(=CCSSSC)C2(O)C#C/C=C\C#CC3OC2OC(C)C(NOC3CC(O)C(SC)C(C)O3)C(O)C2OC2CC(OC)C(NC(C)C)CO2)OC1C. The van der Waals surface area contributed by atoms with Crippen molar-refractivity contribution in [2.75, 3.05) is 65.7 Å². The summed E-state index contributed by atoms with van der Waals surface area (Å²) in [4.78, 5) is 62.1. The van der Waals surface area contributed by atoms with Crippen molar-refractivity contribution in [3.05, 3.63) is 65.1 Å². The topological polar surface area (TPSA) is 327 Å². The van der Waals surface area contributed by atoms with Crippen LogP contribution in [0.5, 0.6) is 11.5 Å². The highest BCUT2D eigenvalue weighted by Gasteiger charge is 2.57. The van der Waals surface area contributed by atoms with Gasteiger partial charge in [0.05, 0.1) is 106 Å². The van der Waals surface area contributed by atoms with Crippen molar-refractivity contribution in [3.63, 3.8) is 0 Å². The van der Waals surface area contributed by atoms with E-state index in [1.807, 2.05) is 33.3 Å². The molecular formula is C59H80N4O22S4. The first kappa shape index (κ1) is 71.8. The number of thioether (sulfide) groups is 1. The summed E-state index contributed by atoms with van der Waals surface area (Å²) in [5.74, 6) is 8.71. The number of anilines is 1. The quantitative estimate of drug-likeness (QED) is 0.0132. The Bertz CT molecular complexity index is 2880. The van der Waals surface area contributed by atoms with Crippen LogP contribution in [0.1, 0.15) is 64.2 Å². The smallest absolute Gasteiger partial charge is 0.411 e. The Morgan fingerprint density at radius 1 is 0.854 bits per heavy atom. The van der Waals surface area contributed by atoms with Gasteiger partial charge >= 0.3 is 12.1 Å². The first-order chi connectivity index (χ1) is 42.5. The molecule has 1 aromatic carbocycles. The number of rotatable bonds is 25. The second kappa shape index (κ2) is 33.3. The number of methoxy groups -OCH3 is 5. The number of fused-ring (bicyclic) bond motifs is 2. The molecule has 19 unspecified atom stereocenters. The molecule has 2 aliphatic carbocycles. The molecule has 0 saturated carbocycles. The van der Waals surface area contributed by atoms with E-state index in [2.05, 4.69) is 51.7 Å². The van der Waals surface area contributed by atoms with Crippen LogP contribution in [0.4, 0.5) is 10.5 Å². The highest BCUT2D eigenvalue weighted by molar-refractivity contribution is 9.09. The number of aliphatic hydroxyl groups is 4. The molecule has 4 saturated heterocycles. The number of hydrogen-bond donors (Lipinski definition) is 8. The van der Waals surface area contributed by atoms with Crippen LogP contribution in [-0.2, 0) is 66.5 Å². The third kappa shape index (κ3) is 17.6. The van der Waals surface area contributed by atoms with Crippen molar-refractivity contribution in [3.8, 4) is 35.2 Å². The molecule has 4 heterocycles. The van der Waals surface area contributed by atoms with Crippen LogP contribution in [-0.4, -0.2) is 226 Å². The summed E-state index contributed by atoms with van der Waals surface area (Å²) < 4.78 is 77.8. The summed E-state index contributed by atoms with van der Waals surface area (Å²) in [7, 11) is 10.8. The number of esters is 1. The second-order valence-corrected chi connectivity index (χ2v) is 26.8. The number of benzene rings is 1. The molecule has 4 fully saturated rings. The maximum atomic E-state index is 15.5. The predicted molar refractivity (Wildman–Crippen MR) is 330 cm³/mol. The molecular weight excluding hydrogens is 1240 g/mol. The number of carbonyl (C=O) groups excluding carboxylic acids is 4. The molecule has 1 aromatic rings. The number of ether oxygens (including phenoxy) is 13. The fourth-order valence-electron chi connectivity index (χ4n) is 10.8. The van der Waals surface area contributed by atoms with Crippen molar-refractivity contribution in [2.24, 2.45) is 0 Å². The monoisotopic (exact) mass is 1320 g/mol. The lowest BCUT2D eigenvalue weighted by Gasteiger charge is -2.47. The van der Waals surface area contributed by atoms with E-state index in [-0.39, 0.29) is 88.3 Å². The zero-order valence-corrected chi connectivity index (χ0v) is 54.6. The maximum Gasteiger partial charge on any atom is 0.411 e. The average molecular weight is 1330 g/mol. The highest BCUT2D eigenvalue weighted by Crippen LogP contribution is 2.44. The number of alkyl carbamates (subject to hydrolysis) is 1. The third-order valence-corrected chi connectivity index (χ3v) is 20.2. The van der Waals surface area contributed by atoms with E-state index in [1.165, 1.54) is 95.7 Å². The second-order valence-electron chi connectivity index (χ2n) is 21.4. The number of amides is 2. The van der Waals surface area contributed by atoms with E-state index in [9.17, 15) is 34.8 Å². The molecule has 0 aromatic heterocycles. The molecule has 0 radical (unpaired) electrons. The maximum absolute atomic E-state index is 15.5. The molecule has 8 N–H and O–H groups in total. The van der Waals surface area contributed by atoms with Gasteiger partial charge in [0.25, 0.3) is 5.91 Å². The standard InChI is InChI=1S/C59H80N4O22S4/c1-28(2)60-36-27-77-43(26-40(36)73-8)82-52-49(66)47(63-85-45-25-38(65)53(86-12)31(5)79-45)29(3)80-57(52)81-39-18-16-14-15-17-20-59(71)34(19-21-88-89-87-13)46(39)48(62-58(70)76-11)50(67)54(59)83-44-24-37(64)51(30(4)78-44)84-56(69)33-22-41(74-9)42(75-10)23-35(33)61-55(68)32(6)72-7/h14-15,19,22-23,28-31,36-40,43-45,47,49,51-54,57,60,63-66,71H,6,21,24-27H2,1-5,7-13H3,(H,61,68)(H,62,70)/b15-14-,34-19?. The van der Waals surface area contributed by atoms with Gasteiger partial charge in [0.2, 0.25) is 5.78 Å². The molecule has 492 valence electrons. The highest BCUT2D eigenvalue weighted by atomic mass is 33.5. The Kier molecular flexibility index (Phi) is 26.9. The predicted octanol–water partition coefficient (Wildman–Crippen LogP) is 3.42. The minimum atomic E-state index is -2.64. The molecule has 2 amide bonds. The average Bonchev–Trinajstić information content (AvgIpc) is 0.782. The van der Waals surface area contributed by atoms with Crippen LogP contribution in [0.2, 0.25) is 0 Å². The van der Waals surface area contributed by atoms with Gasteiger partial charge in [-0.1, -0.05) is 71.8 Å². The Morgan fingerprint density at radius 3 is 2.21 bits per heavy atom.